The molecule has 4 rings (SSSR count). The van der Waals surface area contributed by atoms with E-state index >= 15 is 0 Å². The van der Waals surface area contributed by atoms with Crippen LogP contribution in [0.25, 0.3) is 5.69 Å². The fourth-order valence-corrected chi connectivity index (χ4v) is 3.68. The van der Waals surface area contributed by atoms with Crippen LogP contribution in [-0.4, -0.2) is 21.9 Å². The molecule has 0 aliphatic heterocycles. The van der Waals surface area contributed by atoms with E-state index in [1.165, 1.54) is 4.90 Å². The molecule has 1 amide bonds. The molecule has 0 atom stereocenters. The molecule has 0 unspecified atom stereocenters. The van der Waals surface area contributed by atoms with Gasteiger partial charge in [0.15, 0.2) is 5.69 Å². The van der Waals surface area contributed by atoms with Crippen LogP contribution in [-0.2, 0) is 12.8 Å². The number of anilines is 1. The molecule has 1 aromatic heterocycles. The van der Waals surface area contributed by atoms with Gasteiger partial charge >= 0.3 is 0 Å². The minimum absolute atomic E-state index is 0.135. The first-order chi connectivity index (χ1) is 12.3. The minimum atomic E-state index is -0.135. The first-order valence-electron chi connectivity index (χ1n) is 8.38. The summed E-state index contributed by atoms with van der Waals surface area (Å²) in [6.45, 7) is 0. The maximum absolute atomic E-state index is 12.8. The molecule has 5 heteroatoms. The molecule has 0 fully saturated rings. The van der Waals surface area contributed by atoms with E-state index in [0.29, 0.717) is 5.69 Å². The molecule has 25 heavy (non-hydrogen) atoms. The first-order valence-corrected chi connectivity index (χ1v) is 9.60. The molecule has 1 N–H and O–H groups in total. The second-order valence-corrected chi connectivity index (χ2v) is 6.94. The molecule has 1 aliphatic rings. The lowest BCUT2D eigenvalue weighted by Gasteiger charge is -2.06. The van der Waals surface area contributed by atoms with Crippen molar-refractivity contribution < 1.29 is 4.79 Å². The molecule has 126 valence electrons. The number of nitrogens with one attached hydrogen (secondary N) is 1. The summed E-state index contributed by atoms with van der Waals surface area (Å²) in [7, 11) is 0. The summed E-state index contributed by atoms with van der Waals surface area (Å²) in [5.74, 6) is -0.135. The topological polar surface area (TPSA) is 46.9 Å². The number of carbonyl (C=O) groups excluding carboxylic acids is 1. The number of thioether (sulfide) groups is 1. The van der Waals surface area contributed by atoms with Crippen molar-refractivity contribution in [3.63, 3.8) is 0 Å². The lowest BCUT2D eigenvalue weighted by atomic mass is 10.2. The van der Waals surface area contributed by atoms with Crippen LogP contribution in [0.5, 0.6) is 0 Å². The van der Waals surface area contributed by atoms with Gasteiger partial charge in [0.1, 0.15) is 0 Å². The highest BCUT2D eigenvalue weighted by molar-refractivity contribution is 7.98. The number of aromatic nitrogens is 2. The predicted molar refractivity (Wildman–Crippen MR) is 102 cm³/mol. The summed E-state index contributed by atoms with van der Waals surface area (Å²) in [5.41, 5.74) is 4.59. The highest BCUT2D eigenvalue weighted by Crippen LogP contribution is 2.28. The van der Waals surface area contributed by atoms with E-state index in [2.05, 4.69) is 10.4 Å². The molecule has 0 saturated heterocycles. The molecular weight excluding hydrogens is 330 g/mol. The number of hydrogen-bond donors (Lipinski definition) is 1. The smallest absolute Gasteiger partial charge is 0.276 e. The third kappa shape index (κ3) is 3.07. The zero-order valence-corrected chi connectivity index (χ0v) is 14.8. The highest BCUT2D eigenvalue weighted by atomic mass is 32.2. The molecule has 0 saturated carbocycles. The number of para-hydroxylation sites is 1. The van der Waals surface area contributed by atoms with E-state index in [1.54, 1.807) is 11.8 Å². The van der Waals surface area contributed by atoms with Crippen molar-refractivity contribution in [1.29, 1.82) is 0 Å². The Kier molecular flexibility index (Phi) is 4.32. The monoisotopic (exact) mass is 349 g/mol. The summed E-state index contributed by atoms with van der Waals surface area (Å²) in [6, 6.07) is 17.9. The van der Waals surface area contributed by atoms with Crippen molar-refractivity contribution in [2.45, 2.75) is 24.2 Å². The van der Waals surface area contributed by atoms with Crippen LogP contribution in [0.3, 0.4) is 0 Å². The van der Waals surface area contributed by atoms with Crippen LogP contribution in [0.15, 0.2) is 59.5 Å². The predicted octanol–water partition coefficient (Wildman–Crippen LogP) is 4.34. The number of amides is 1. The molecule has 0 radical (unpaired) electrons. The average Bonchev–Trinajstić information content (AvgIpc) is 3.25. The Bertz CT molecular complexity index is 901. The standard InChI is InChI=1S/C20H19N3OS/c1-25-16-12-10-14(11-13-16)21-20(24)19-17-8-5-9-18(17)23(22-19)15-6-3-2-4-7-15/h2-4,6-7,10-13H,5,8-9H2,1H3,(H,21,24). The van der Waals surface area contributed by atoms with Crippen molar-refractivity contribution in [2.75, 3.05) is 11.6 Å². The zero-order valence-electron chi connectivity index (χ0n) is 14.0. The molecule has 0 bridgehead atoms. The SMILES string of the molecule is CSc1ccc(NC(=O)c2nn(-c3ccccc3)c3c2CCC3)cc1. The van der Waals surface area contributed by atoms with E-state index in [1.807, 2.05) is 65.5 Å². The average molecular weight is 349 g/mol. The highest BCUT2D eigenvalue weighted by Gasteiger charge is 2.26. The van der Waals surface area contributed by atoms with Gasteiger partial charge in [0, 0.05) is 21.8 Å². The van der Waals surface area contributed by atoms with Gasteiger partial charge in [-0.05, 0) is 61.9 Å². The van der Waals surface area contributed by atoms with E-state index in [-0.39, 0.29) is 5.91 Å². The Morgan fingerprint density at radius 2 is 1.84 bits per heavy atom. The lowest BCUT2D eigenvalue weighted by Crippen LogP contribution is -2.14. The van der Waals surface area contributed by atoms with Gasteiger partial charge in [-0.3, -0.25) is 4.79 Å². The van der Waals surface area contributed by atoms with Crippen LogP contribution in [0.4, 0.5) is 5.69 Å². The quantitative estimate of drug-likeness (QED) is 0.713. The van der Waals surface area contributed by atoms with Gasteiger partial charge in [0.05, 0.1) is 5.69 Å². The maximum Gasteiger partial charge on any atom is 0.276 e. The number of carbonyl (C=O) groups is 1. The van der Waals surface area contributed by atoms with Gasteiger partial charge in [0.2, 0.25) is 0 Å². The number of rotatable bonds is 4. The van der Waals surface area contributed by atoms with E-state index in [9.17, 15) is 4.79 Å². The number of fused-ring (bicyclic) bond motifs is 1. The second-order valence-electron chi connectivity index (χ2n) is 6.06. The van der Waals surface area contributed by atoms with Gasteiger partial charge in [-0.25, -0.2) is 4.68 Å². The fraction of sp³-hybridized carbons (Fsp3) is 0.200. The molecule has 3 aromatic rings. The first kappa shape index (κ1) is 16.0. The van der Waals surface area contributed by atoms with Crippen LogP contribution >= 0.6 is 11.8 Å². The summed E-state index contributed by atoms with van der Waals surface area (Å²) < 4.78 is 1.92. The van der Waals surface area contributed by atoms with Gasteiger partial charge in [0.25, 0.3) is 5.91 Å². The Morgan fingerprint density at radius 1 is 1.08 bits per heavy atom. The Morgan fingerprint density at radius 3 is 2.56 bits per heavy atom. The minimum Gasteiger partial charge on any atom is -0.321 e. The Hall–Kier alpha value is -2.53. The number of benzene rings is 2. The molecule has 0 spiro atoms. The van der Waals surface area contributed by atoms with Gasteiger partial charge in [-0.2, -0.15) is 5.10 Å². The number of hydrogen-bond acceptors (Lipinski definition) is 3. The normalized spacial score (nSPS) is 12.8. The van der Waals surface area contributed by atoms with Crippen LogP contribution < -0.4 is 5.32 Å². The van der Waals surface area contributed by atoms with Crippen molar-refractivity contribution in [2.24, 2.45) is 0 Å². The van der Waals surface area contributed by atoms with Crippen molar-refractivity contribution in [3.8, 4) is 5.69 Å². The maximum atomic E-state index is 12.8. The fourth-order valence-electron chi connectivity index (χ4n) is 3.27. The van der Waals surface area contributed by atoms with Gasteiger partial charge in [-0.1, -0.05) is 18.2 Å². The van der Waals surface area contributed by atoms with Gasteiger partial charge in [-0.15, -0.1) is 11.8 Å². The third-order valence-corrected chi connectivity index (χ3v) is 5.24. The number of nitrogens with zero attached hydrogens (tertiary/aromatic N) is 2. The summed E-state index contributed by atoms with van der Waals surface area (Å²) >= 11 is 1.68. The molecular formula is C20H19N3OS. The second kappa shape index (κ2) is 6.76. The largest absolute Gasteiger partial charge is 0.321 e. The van der Waals surface area contributed by atoms with Gasteiger partial charge < -0.3 is 5.32 Å². The third-order valence-electron chi connectivity index (χ3n) is 4.49. The summed E-state index contributed by atoms with van der Waals surface area (Å²) in [6.07, 6.45) is 4.99. The van der Waals surface area contributed by atoms with Crippen LogP contribution in [0, 0.1) is 0 Å². The van der Waals surface area contributed by atoms with Crippen molar-refractivity contribution in [1.82, 2.24) is 9.78 Å². The van der Waals surface area contributed by atoms with Crippen molar-refractivity contribution in [3.05, 3.63) is 71.5 Å². The molecule has 1 heterocycles. The van der Waals surface area contributed by atoms with E-state index in [0.717, 1.165) is 41.9 Å². The van der Waals surface area contributed by atoms with E-state index < -0.39 is 0 Å². The van der Waals surface area contributed by atoms with Crippen LogP contribution in [0.2, 0.25) is 0 Å². The summed E-state index contributed by atoms with van der Waals surface area (Å²) in [4.78, 5) is 14.0. The molecule has 1 aliphatic carbocycles. The van der Waals surface area contributed by atoms with Crippen molar-refractivity contribution >= 4 is 23.4 Å². The molecule has 4 nitrogen and oxygen atoms in total. The Balaban J connectivity index is 1.65. The summed E-state index contributed by atoms with van der Waals surface area (Å²) in [5, 5.41) is 7.61. The Labute approximate surface area is 151 Å². The molecule has 2 aromatic carbocycles. The van der Waals surface area contributed by atoms with E-state index in [4.69, 9.17) is 0 Å². The lowest BCUT2D eigenvalue weighted by molar-refractivity contribution is 0.102. The van der Waals surface area contributed by atoms with Crippen LogP contribution in [0.1, 0.15) is 28.2 Å². The zero-order chi connectivity index (χ0) is 17.2.